The Bertz CT molecular complexity index is 72.5. The average Bonchev–Trinajstić information content (AvgIpc) is 1.47. The highest BCUT2D eigenvalue weighted by molar-refractivity contribution is 8.32. The molecule has 0 amide bonds. The molecule has 1 heterocycles. The molecule has 0 aromatic rings. The number of thioether (sulfide) groups is 2. The van der Waals surface area contributed by atoms with E-state index in [9.17, 15) is 0 Å². The monoisotopic (exact) mass is 146 g/mol. The van der Waals surface area contributed by atoms with Gasteiger partial charge in [0.05, 0.1) is 4.58 Å². The molecule has 2 rings (SSSR count). The predicted molar refractivity (Wildman–Crippen MR) is 41.2 cm³/mol. The fourth-order valence-electron chi connectivity index (χ4n) is 1.13. The van der Waals surface area contributed by atoms with E-state index < -0.39 is 0 Å². The van der Waals surface area contributed by atoms with Gasteiger partial charge in [0.25, 0.3) is 0 Å². The normalized spacial score (nSPS) is 31.5. The first-order chi connectivity index (χ1) is 3.97. The molecule has 0 aromatic heterocycles. The lowest BCUT2D eigenvalue weighted by molar-refractivity contribution is 0.340. The second-order valence-corrected chi connectivity index (χ2v) is 5.43. The lowest BCUT2D eigenvalue weighted by atomic mass is 9.87. The summed E-state index contributed by atoms with van der Waals surface area (Å²) < 4.78 is 1.02. The van der Waals surface area contributed by atoms with Crippen LogP contribution in [0, 0.1) is 5.92 Å². The van der Waals surface area contributed by atoms with Crippen LogP contribution in [0.3, 0.4) is 0 Å². The summed E-state index contributed by atoms with van der Waals surface area (Å²) >= 11 is 4.30. The van der Waals surface area contributed by atoms with Crippen molar-refractivity contribution in [2.24, 2.45) is 5.92 Å². The molecule has 0 spiro atoms. The summed E-state index contributed by atoms with van der Waals surface area (Å²) in [5.74, 6) is 1.11. The van der Waals surface area contributed by atoms with Crippen molar-refractivity contribution in [2.45, 2.75) is 23.8 Å². The van der Waals surface area contributed by atoms with Crippen molar-refractivity contribution in [3.05, 3.63) is 0 Å². The van der Waals surface area contributed by atoms with Crippen molar-refractivity contribution in [1.82, 2.24) is 0 Å². The van der Waals surface area contributed by atoms with Crippen molar-refractivity contribution in [2.75, 3.05) is 5.08 Å². The third-order valence-corrected chi connectivity index (χ3v) is 5.33. The Balaban J connectivity index is 1.79. The Hall–Kier alpha value is 0.700. The summed E-state index contributed by atoms with van der Waals surface area (Å²) in [6.07, 6.45) is 4.54. The van der Waals surface area contributed by atoms with Crippen LogP contribution in [0.5, 0.6) is 0 Å². The van der Waals surface area contributed by atoms with Gasteiger partial charge in [0.2, 0.25) is 0 Å². The molecule has 1 aliphatic carbocycles. The Labute approximate surface area is 58.8 Å². The molecule has 1 aliphatic heterocycles. The molecule has 8 heavy (non-hydrogen) atoms. The van der Waals surface area contributed by atoms with Gasteiger partial charge in [0, 0.05) is 5.08 Å². The summed E-state index contributed by atoms with van der Waals surface area (Å²) in [5, 5.41) is 1.36. The lowest BCUT2D eigenvalue weighted by Crippen LogP contribution is -2.26. The van der Waals surface area contributed by atoms with Gasteiger partial charge >= 0.3 is 0 Å². The highest BCUT2D eigenvalue weighted by Crippen LogP contribution is 2.49. The van der Waals surface area contributed by atoms with Crippen LogP contribution in [-0.4, -0.2) is 9.67 Å². The van der Waals surface area contributed by atoms with Crippen LogP contribution >= 0.6 is 23.5 Å². The van der Waals surface area contributed by atoms with Crippen molar-refractivity contribution >= 4 is 23.5 Å². The molecule has 0 aromatic carbocycles. The largest absolute Gasteiger partial charge is 0.136 e. The highest BCUT2D eigenvalue weighted by atomic mass is 32.3. The van der Waals surface area contributed by atoms with Crippen LogP contribution < -0.4 is 0 Å². The van der Waals surface area contributed by atoms with Gasteiger partial charge in [-0.1, -0.05) is 6.42 Å². The predicted octanol–water partition coefficient (Wildman–Crippen LogP) is 2.55. The van der Waals surface area contributed by atoms with E-state index in [0.29, 0.717) is 0 Å². The number of hydrogen-bond acceptors (Lipinski definition) is 2. The van der Waals surface area contributed by atoms with E-state index in [1.54, 1.807) is 0 Å². The van der Waals surface area contributed by atoms with E-state index in [0.717, 1.165) is 10.5 Å². The first kappa shape index (κ1) is 5.48. The van der Waals surface area contributed by atoms with Crippen LogP contribution in [0.1, 0.15) is 19.3 Å². The van der Waals surface area contributed by atoms with Crippen LogP contribution in [0.4, 0.5) is 0 Å². The molecule has 2 heteroatoms. The minimum atomic E-state index is 1.02. The summed E-state index contributed by atoms with van der Waals surface area (Å²) in [6, 6.07) is 0. The van der Waals surface area contributed by atoms with E-state index >= 15 is 0 Å². The Kier molecular flexibility index (Phi) is 1.47. The highest BCUT2D eigenvalue weighted by Gasteiger charge is 2.32. The Morgan fingerprint density at radius 3 is 2.00 bits per heavy atom. The van der Waals surface area contributed by atoms with Crippen LogP contribution in [0.25, 0.3) is 0 Å². The van der Waals surface area contributed by atoms with Gasteiger partial charge in [0.1, 0.15) is 0 Å². The Morgan fingerprint density at radius 2 is 1.88 bits per heavy atom. The molecule has 2 aliphatic rings. The molecule has 0 N–H and O–H groups in total. The second kappa shape index (κ2) is 2.14. The fourth-order valence-corrected chi connectivity index (χ4v) is 3.39. The van der Waals surface area contributed by atoms with E-state index in [4.69, 9.17) is 0 Å². The summed E-state index contributed by atoms with van der Waals surface area (Å²) in [7, 11) is 0. The van der Waals surface area contributed by atoms with E-state index in [1.807, 2.05) is 0 Å². The first-order valence-electron chi connectivity index (χ1n) is 3.20. The molecule has 0 radical (unpaired) electrons. The molecule has 46 valence electrons. The molecule has 2 fully saturated rings. The average molecular weight is 146 g/mol. The van der Waals surface area contributed by atoms with Crippen molar-refractivity contribution in [1.29, 1.82) is 0 Å². The third kappa shape index (κ3) is 0.781. The van der Waals surface area contributed by atoms with Gasteiger partial charge in [-0.2, -0.15) is 0 Å². The van der Waals surface area contributed by atoms with Gasteiger partial charge in [-0.05, 0) is 18.8 Å². The molecule has 0 nitrogen and oxygen atoms in total. The molecule has 1 saturated heterocycles. The van der Waals surface area contributed by atoms with E-state index in [-0.39, 0.29) is 0 Å². The fraction of sp³-hybridized carbons (Fsp3) is 1.00. The SMILES string of the molecule is C1CC(C2SCS2)C1. The summed E-state index contributed by atoms with van der Waals surface area (Å²) in [5.41, 5.74) is 0. The molecular weight excluding hydrogens is 136 g/mol. The number of rotatable bonds is 1. The maximum absolute atomic E-state index is 2.15. The summed E-state index contributed by atoms with van der Waals surface area (Å²) in [4.78, 5) is 0. The van der Waals surface area contributed by atoms with Crippen molar-refractivity contribution < 1.29 is 0 Å². The zero-order chi connectivity index (χ0) is 5.40. The number of hydrogen-bond donors (Lipinski definition) is 0. The van der Waals surface area contributed by atoms with Crippen molar-refractivity contribution in [3.63, 3.8) is 0 Å². The lowest BCUT2D eigenvalue weighted by Gasteiger charge is -2.37. The van der Waals surface area contributed by atoms with Crippen LogP contribution in [0.15, 0.2) is 0 Å². The van der Waals surface area contributed by atoms with Crippen LogP contribution in [0.2, 0.25) is 0 Å². The molecule has 1 saturated carbocycles. The van der Waals surface area contributed by atoms with Gasteiger partial charge in [-0.15, -0.1) is 23.5 Å². The van der Waals surface area contributed by atoms with Gasteiger partial charge in [-0.3, -0.25) is 0 Å². The minimum absolute atomic E-state index is 1.02. The van der Waals surface area contributed by atoms with Crippen LogP contribution in [-0.2, 0) is 0 Å². The van der Waals surface area contributed by atoms with Gasteiger partial charge in [-0.25, -0.2) is 0 Å². The molecule has 0 unspecified atom stereocenters. The molecule has 0 bridgehead atoms. The summed E-state index contributed by atoms with van der Waals surface area (Å²) in [6.45, 7) is 0. The minimum Gasteiger partial charge on any atom is -0.136 e. The van der Waals surface area contributed by atoms with Gasteiger partial charge < -0.3 is 0 Å². The third-order valence-electron chi connectivity index (χ3n) is 2.00. The molecule has 0 atom stereocenters. The standard InChI is InChI=1S/C6H10S2/c1-2-5(3-1)6-7-4-8-6/h5-6H,1-4H2. The zero-order valence-electron chi connectivity index (χ0n) is 4.80. The first-order valence-corrected chi connectivity index (χ1v) is 5.30. The maximum Gasteiger partial charge on any atom is 0.0547 e. The topological polar surface area (TPSA) is 0 Å². The van der Waals surface area contributed by atoms with E-state index in [2.05, 4.69) is 23.5 Å². The van der Waals surface area contributed by atoms with Gasteiger partial charge in [0.15, 0.2) is 0 Å². The smallest absolute Gasteiger partial charge is 0.0547 e. The zero-order valence-corrected chi connectivity index (χ0v) is 6.43. The maximum atomic E-state index is 2.15. The van der Waals surface area contributed by atoms with Crippen molar-refractivity contribution in [3.8, 4) is 0 Å². The van der Waals surface area contributed by atoms with E-state index in [1.165, 1.54) is 24.3 Å². The molecular formula is C6H10S2. The quantitative estimate of drug-likeness (QED) is 0.557. The second-order valence-electron chi connectivity index (χ2n) is 2.51. The Morgan fingerprint density at radius 1 is 1.12 bits per heavy atom.